The van der Waals surface area contributed by atoms with E-state index >= 15 is 0 Å². The van der Waals surface area contributed by atoms with Crippen molar-refractivity contribution in [2.24, 2.45) is 17.2 Å². The number of benzene rings is 1. The number of amides is 4. The number of carbonyl (C=O) groups is 4. The van der Waals surface area contributed by atoms with Crippen LogP contribution >= 0.6 is 0 Å². The first-order chi connectivity index (χ1) is 24.2. The van der Waals surface area contributed by atoms with Gasteiger partial charge in [-0.15, -0.1) is 0 Å². The summed E-state index contributed by atoms with van der Waals surface area (Å²) in [6, 6.07) is 0. The van der Waals surface area contributed by atoms with E-state index in [1.54, 1.807) is 0 Å². The normalized spacial score (nSPS) is 11.2. The summed E-state index contributed by atoms with van der Waals surface area (Å²) in [4.78, 5) is 56.8. The number of hydrogen-bond donors (Lipinski definition) is 3. The molecule has 0 aliphatic rings. The van der Waals surface area contributed by atoms with Crippen LogP contribution in [-0.2, 0) is 12.8 Å². The van der Waals surface area contributed by atoms with Crippen molar-refractivity contribution in [2.75, 3.05) is 13.1 Å². The molecule has 8 nitrogen and oxygen atoms in total. The van der Waals surface area contributed by atoms with Crippen molar-refractivity contribution in [2.45, 2.75) is 195 Å². The van der Waals surface area contributed by atoms with Crippen LogP contribution in [0.3, 0.4) is 0 Å². The second-order valence-corrected chi connectivity index (χ2v) is 14.4. The molecule has 0 heterocycles. The first kappa shape index (κ1) is 45.1. The van der Waals surface area contributed by atoms with Crippen LogP contribution in [0.15, 0.2) is 0 Å². The molecule has 0 aliphatic heterocycles. The highest BCUT2D eigenvalue weighted by atomic mass is 16.2. The molecule has 0 fully saturated rings. The lowest BCUT2D eigenvalue weighted by Crippen LogP contribution is -2.38. The smallest absolute Gasteiger partial charge is 0.254 e. The lowest BCUT2D eigenvalue weighted by atomic mass is 9.81. The largest absolute Gasteiger partial charge is 0.366 e. The van der Waals surface area contributed by atoms with Gasteiger partial charge in [0.05, 0.1) is 22.3 Å². The monoisotopic (exact) mass is 699 g/mol. The Kier molecular flexibility index (Phi) is 25.1. The van der Waals surface area contributed by atoms with E-state index in [-0.39, 0.29) is 28.2 Å². The predicted octanol–water partition coefficient (Wildman–Crippen LogP) is 9.95. The summed E-state index contributed by atoms with van der Waals surface area (Å²) in [5.74, 6) is -2.67. The molecule has 4 amide bonds. The molecular formula is C42H74N4O4. The van der Waals surface area contributed by atoms with E-state index in [1.165, 1.54) is 38.5 Å². The zero-order chi connectivity index (χ0) is 37.1. The van der Waals surface area contributed by atoms with Gasteiger partial charge < -0.3 is 22.1 Å². The molecule has 0 spiro atoms. The Bertz CT molecular complexity index is 1130. The van der Waals surface area contributed by atoms with Crippen LogP contribution < -0.4 is 17.2 Å². The fourth-order valence-electron chi connectivity index (χ4n) is 7.21. The maximum absolute atomic E-state index is 14.9. The Morgan fingerprint density at radius 3 is 0.960 bits per heavy atom. The van der Waals surface area contributed by atoms with E-state index < -0.39 is 17.7 Å². The van der Waals surface area contributed by atoms with Gasteiger partial charge in [-0.05, 0) is 49.7 Å². The van der Waals surface area contributed by atoms with Crippen molar-refractivity contribution < 1.29 is 19.2 Å². The van der Waals surface area contributed by atoms with Gasteiger partial charge in [-0.1, -0.05) is 156 Å². The third-order valence-electron chi connectivity index (χ3n) is 10.1. The molecular weight excluding hydrogens is 624 g/mol. The molecule has 6 N–H and O–H groups in total. The van der Waals surface area contributed by atoms with Crippen LogP contribution in [0.2, 0.25) is 0 Å². The highest BCUT2D eigenvalue weighted by Crippen LogP contribution is 2.33. The number of unbranched alkanes of at least 4 members (excludes halogenated alkanes) is 20. The number of hydrogen-bond acceptors (Lipinski definition) is 4. The summed E-state index contributed by atoms with van der Waals surface area (Å²) in [5, 5.41) is 0. The lowest BCUT2D eigenvalue weighted by Gasteiger charge is -2.28. The van der Waals surface area contributed by atoms with Gasteiger partial charge in [0.2, 0.25) is 17.7 Å². The number of nitrogens with zero attached hydrogens (tertiary/aromatic N) is 1. The average Bonchev–Trinajstić information content (AvgIpc) is 3.08. The second-order valence-electron chi connectivity index (χ2n) is 14.4. The van der Waals surface area contributed by atoms with Gasteiger partial charge in [0.15, 0.2) is 0 Å². The van der Waals surface area contributed by atoms with Crippen LogP contribution in [0.5, 0.6) is 0 Å². The maximum Gasteiger partial charge on any atom is 0.254 e. The lowest BCUT2D eigenvalue weighted by molar-refractivity contribution is 0.0742. The molecule has 1 rings (SSSR count). The summed E-state index contributed by atoms with van der Waals surface area (Å²) in [6.07, 6.45) is 25.6. The third kappa shape index (κ3) is 16.4. The van der Waals surface area contributed by atoms with E-state index in [4.69, 9.17) is 17.2 Å². The van der Waals surface area contributed by atoms with E-state index in [0.29, 0.717) is 49.9 Å². The van der Waals surface area contributed by atoms with Crippen molar-refractivity contribution in [3.8, 4) is 0 Å². The first-order valence-corrected chi connectivity index (χ1v) is 20.6. The molecule has 1 aromatic rings. The number of primary amides is 3. The molecule has 0 saturated heterocycles. The summed E-state index contributed by atoms with van der Waals surface area (Å²) < 4.78 is 0. The Morgan fingerprint density at radius 1 is 0.380 bits per heavy atom. The minimum absolute atomic E-state index is 0.000489. The quantitative estimate of drug-likeness (QED) is 0.0642. The summed E-state index contributed by atoms with van der Waals surface area (Å²) >= 11 is 0. The first-order valence-electron chi connectivity index (χ1n) is 20.6. The molecule has 0 aliphatic carbocycles. The third-order valence-corrected chi connectivity index (χ3v) is 10.1. The average molecular weight is 699 g/mol. The van der Waals surface area contributed by atoms with Crippen molar-refractivity contribution in [1.29, 1.82) is 0 Å². The minimum Gasteiger partial charge on any atom is -0.366 e. The van der Waals surface area contributed by atoms with Crippen molar-refractivity contribution in [3.63, 3.8) is 0 Å². The topological polar surface area (TPSA) is 150 Å². The minimum atomic E-state index is -0.818. The molecule has 0 atom stereocenters. The molecule has 0 aromatic heterocycles. The van der Waals surface area contributed by atoms with Gasteiger partial charge in [-0.2, -0.15) is 0 Å². The fourth-order valence-corrected chi connectivity index (χ4v) is 7.21. The zero-order valence-electron chi connectivity index (χ0n) is 32.6. The molecule has 0 radical (unpaired) electrons. The molecule has 50 heavy (non-hydrogen) atoms. The van der Waals surface area contributed by atoms with Gasteiger partial charge >= 0.3 is 0 Å². The fraction of sp³-hybridized carbons (Fsp3) is 0.762. The van der Waals surface area contributed by atoms with E-state index in [0.717, 1.165) is 103 Å². The van der Waals surface area contributed by atoms with Crippen LogP contribution in [-0.4, -0.2) is 41.6 Å². The van der Waals surface area contributed by atoms with Crippen LogP contribution in [0.1, 0.15) is 234 Å². The maximum atomic E-state index is 14.9. The summed E-state index contributed by atoms with van der Waals surface area (Å²) in [5.41, 5.74) is 19.1. The molecule has 0 saturated carbocycles. The molecule has 0 bridgehead atoms. The van der Waals surface area contributed by atoms with E-state index in [9.17, 15) is 19.2 Å². The Balaban J connectivity index is 3.79. The number of rotatable bonds is 32. The second kappa shape index (κ2) is 27.8. The predicted molar refractivity (Wildman–Crippen MR) is 209 cm³/mol. The van der Waals surface area contributed by atoms with Crippen molar-refractivity contribution in [1.82, 2.24) is 4.90 Å². The Morgan fingerprint density at radius 2 is 0.640 bits per heavy atom. The van der Waals surface area contributed by atoms with Gasteiger partial charge in [-0.3, -0.25) is 19.2 Å². The summed E-state index contributed by atoms with van der Waals surface area (Å²) in [6.45, 7) is 9.85. The van der Waals surface area contributed by atoms with Gasteiger partial charge in [0.25, 0.3) is 5.91 Å². The Labute approximate surface area is 305 Å². The van der Waals surface area contributed by atoms with Crippen molar-refractivity contribution >= 4 is 23.6 Å². The molecule has 1 aromatic carbocycles. The van der Waals surface area contributed by atoms with Gasteiger partial charge in [0, 0.05) is 13.1 Å². The van der Waals surface area contributed by atoms with Crippen LogP contribution in [0.4, 0.5) is 0 Å². The molecule has 286 valence electrons. The van der Waals surface area contributed by atoms with Crippen LogP contribution in [0.25, 0.3) is 0 Å². The number of nitrogens with two attached hydrogens (primary N) is 3. The SMILES string of the molecule is CCCCCCCCc1c(C(N)=O)c(C(N)=O)c(CCCCCCCC)c(C(=O)N(CCCCCCCC)CCCCCCCC)c1C(N)=O. The van der Waals surface area contributed by atoms with Crippen LogP contribution in [0, 0.1) is 0 Å². The summed E-state index contributed by atoms with van der Waals surface area (Å²) in [7, 11) is 0. The molecule has 0 unspecified atom stereocenters. The Hall–Kier alpha value is -2.90. The standard InChI is InChI=1S/C42H74N4O4/c1-5-9-13-17-21-25-29-33-35(39(43)47)36(40(44)48)34(30-26-22-18-14-10-6-2)38(37(33)41(45)49)42(50)46(31-27-23-19-15-11-7-3)32-28-24-20-16-12-8-4/h5-32H2,1-4H3,(H2,43,47)(H2,44,48)(H2,45,49). The van der Waals surface area contributed by atoms with E-state index in [1.807, 2.05) is 4.90 Å². The number of carbonyl (C=O) groups excluding carboxylic acids is 4. The highest BCUT2D eigenvalue weighted by molar-refractivity contribution is 6.16. The highest BCUT2D eigenvalue weighted by Gasteiger charge is 2.34. The van der Waals surface area contributed by atoms with Crippen molar-refractivity contribution in [3.05, 3.63) is 33.4 Å². The van der Waals surface area contributed by atoms with E-state index in [2.05, 4.69) is 27.7 Å². The molecule has 8 heteroatoms. The van der Waals surface area contributed by atoms with Gasteiger partial charge in [0.1, 0.15) is 0 Å². The van der Waals surface area contributed by atoms with Gasteiger partial charge in [-0.25, -0.2) is 0 Å². The zero-order valence-corrected chi connectivity index (χ0v) is 32.6.